The minimum absolute atomic E-state index is 0. The number of aromatic nitrogens is 1. The molecule has 18 heavy (non-hydrogen) atoms. The molecule has 2 N–H and O–H groups in total. The van der Waals surface area contributed by atoms with Crippen LogP contribution in [0.2, 0.25) is 0 Å². The Morgan fingerprint density at radius 2 is 2.33 bits per heavy atom. The summed E-state index contributed by atoms with van der Waals surface area (Å²) >= 11 is 3.55. The number of rotatable bonds is 2. The number of pyridine rings is 1. The van der Waals surface area contributed by atoms with Gasteiger partial charge in [0, 0.05) is 17.7 Å². The average molecular weight is 289 g/mol. The molecule has 0 radical (unpaired) electrons. The van der Waals surface area contributed by atoms with Crippen LogP contribution in [-0.4, -0.2) is 27.4 Å². The maximum absolute atomic E-state index is 4.55. The van der Waals surface area contributed by atoms with Gasteiger partial charge in [0.15, 0.2) is 5.17 Å². The van der Waals surface area contributed by atoms with Gasteiger partial charge in [-0.15, -0.1) is 11.8 Å². The molecule has 2 aliphatic heterocycles. The largest absolute Gasteiger partial charge is 1.00 e. The first-order chi connectivity index (χ1) is 7.92. The molecule has 0 saturated heterocycles. The molecule has 3 rings (SSSR count). The van der Waals surface area contributed by atoms with Crippen molar-refractivity contribution in [2.75, 3.05) is 5.75 Å². The third-order valence-electron chi connectivity index (χ3n) is 2.44. The van der Waals surface area contributed by atoms with Crippen LogP contribution in [0.4, 0.5) is 0 Å². The Hall–Kier alpha value is 0.0200. The second-order valence-electron chi connectivity index (χ2n) is 3.60. The van der Waals surface area contributed by atoms with E-state index >= 15 is 0 Å². The van der Waals surface area contributed by atoms with Crippen LogP contribution in [0.1, 0.15) is 5.69 Å². The van der Waals surface area contributed by atoms with Crippen LogP contribution >= 0.6 is 23.5 Å². The van der Waals surface area contributed by atoms with Crippen LogP contribution in [0.25, 0.3) is 0 Å². The van der Waals surface area contributed by atoms with Crippen LogP contribution in [-0.2, 0) is 5.75 Å². The van der Waals surface area contributed by atoms with Crippen molar-refractivity contribution in [2.24, 2.45) is 4.99 Å². The third-order valence-corrected chi connectivity index (χ3v) is 4.29. The number of aliphatic imine (C=N–C) groups is 1. The van der Waals surface area contributed by atoms with Gasteiger partial charge >= 0.3 is 29.6 Å². The molecule has 1 atom stereocenters. The molecular weight excluding hydrogens is 277 g/mol. The summed E-state index contributed by atoms with van der Waals surface area (Å²) in [5.41, 5.74) is 2.28. The Morgan fingerprint density at radius 1 is 1.44 bits per heavy atom. The van der Waals surface area contributed by atoms with E-state index in [4.69, 9.17) is 0 Å². The number of hydrogen-bond donors (Lipinski definition) is 1. The van der Waals surface area contributed by atoms with E-state index in [0.29, 0.717) is 6.04 Å². The zero-order valence-electron chi connectivity index (χ0n) is 10.0. The molecule has 0 bridgehead atoms. The number of hydrogen-bond acceptors (Lipinski definition) is 6. The Labute approximate surface area is 137 Å². The minimum atomic E-state index is 0. The van der Waals surface area contributed by atoms with Crippen LogP contribution in [0.3, 0.4) is 0 Å². The van der Waals surface area contributed by atoms with Crippen molar-refractivity contribution in [3.05, 3.63) is 41.2 Å². The molecule has 0 fully saturated rings. The smallest absolute Gasteiger partial charge is 0.870 e. The van der Waals surface area contributed by atoms with Crippen molar-refractivity contribution in [1.82, 2.24) is 10.3 Å². The summed E-state index contributed by atoms with van der Waals surface area (Å²) in [5.74, 6) is 1.98. The molecule has 2 aliphatic rings. The predicted molar refractivity (Wildman–Crippen MR) is 72.4 cm³/mol. The number of amidine groups is 1. The monoisotopic (exact) mass is 289 g/mol. The summed E-state index contributed by atoms with van der Waals surface area (Å²) in [5, 5.41) is 6.59. The summed E-state index contributed by atoms with van der Waals surface area (Å²) in [4.78, 5) is 8.84. The number of nitrogens with zero attached hydrogens (tertiary/aromatic N) is 2. The summed E-state index contributed by atoms with van der Waals surface area (Å²) in [6.07, 6.45) is 1.83. The molecule has 0 aliphatic carbocycles. The van der Waals surface area contributed by atoms with Gasteiger partial charge in [0.05, 0.1) is 17.4 Å². The summed E-state index contributed by atoms with van der Waals surface area (Å²) in [6.45, 7) is 0. The molecule has 1 unspecified atom stereocenters. The van der Waals surface area contributed by atoms with E-state index in [1.807, 2.05) is 36.2 Å². The summed E-state index contributed by atoms with van der Waals surface area (Å²) in [6, 6.07) is 6.43. The fourth-order valence-corrected chi connectivity index (χ4v) is 3.40. The van der Waals surface area contributed by atoms with Gasteiger partial charge < -0.3 is 10.8 Å². The molecule has 90 valence electrons. The molecule has 7 heteroatoms. The summed E-state index contributed by atoms with van der Waals surface area (Å²) in [7, 11) is 0. The van der Waals surface area contributed by atoms with Crippen molar-refractivity contribution in [3.63, 3.8) is 0 Å². The van der Waals surface area contributed by atoms with Crippen molar-refractivity contribution in [1.29, 1.82) is 0 Å². The molecule has 4 nitrogen and oxygen atoms in total. The molecular formula is C11H12N3NaOS2. The van der Waals surface area contributed by atoms with Gasteiger partial charge in [-0.25, -0.2) is 4.99 Å². The molecule has 0 saturated carbocycles. The molecule has 0 spiro atoms. The van der Waals surface area contributed by atoms with Crippen LogP contribution in [0.15, 0.2) is 40.5 Å². The Kier molecular flexibility index (Phi) is 6.76. The van der Waals surface area contributed by atoms with Gasteiger partial charge in [-0.1, -0.05) is 17.8 Å². The van der Waals surface area contributed by atoms with E-state index < -0.39 is 0 Å². The third kappa shape index (κ3) is 3.76. The second kappa shape index (κ2) is 7.57. The van der Waals surface area contributed by atoms with E-state index in [-0.39, 0.29) is 35.0 Å². The maximum Gasteiger partial charge on any atom is 1.00 e. The Bertz CT molecular complexity index is 453. The van der Waals surface area contributed by atoms with Gasteiger partial charge in [-0.3, -0.25) is 4.98 Å². The first-order valence-electron chi connectivity index (χ1n) is 5.11. The SMILES string of the molecule is C1=C2N=C(SCc3ccccn3)NC2CS1.[Na+].[OH-]. The standard InChI is InChI=1S/C11H11N3S2.Na.H2O/c1-2-4-12-8(3-1)5-16-11-13-9-6-15-7-10(9)14-11;;/h1-4,6,10H,5,7H2,(H,13,14);;1H2/q;+1;/p-1. The quantitative estimate of drug-likeness (QED) is 0.712. The zero-order chi connectivity index (χ0) is 10.8. The maximum atomic E-state index is 4.55. The van der Waals surface area contributed by atoms with Crippen molar-refractivity contribution >= 4 is 28.7 Å². The van der Waals surface area contributed by atoms with Gasteiger partial charge in [0.25, 0.3) is 0 Å². The number of fused-ring (bicyclic) bond motifs is 1. The van der Waals surface area contributed by atoms with Gasteiger partial charge in [-0.05, 0) is 17.5 Å². The Balaban J connectivity index is 0.000000810. The van der Waals surface area contributed by atoms with Gasteiger partial charge in [0.2, 0.25) is 0 Å². The first kappa shape index (κ1) is 16.1. The van der Waals surface area contributed by atoms with E-state index in [2.05, 4.69) is 20.7 Å². The van der Waals surface area contributed by atoms with Crippen molar-refractivity contribution in [2.45, 2.75) is 11.8 Å². The average Bonchev–Trinajstić information content (AvgIpc) is 2.88. The predicted octanol–water partition coefficient (Wildman–Crippen LogP) is -0.942. The van der Waals surface area contributed by atoms with Gasteiger partial charge in [-0.2, -0.15) is 0 Å². The van der Waals surface area contributed by atoms with E-state index in [9.17, 15) is 0 Å². The summed E-state index contributed by atoms with van der Waals surface area (Å²) < 4.78 is 0. The normalized spacial score (nSPS) is 19.9. The molecule has 0 aromatic carbocycles. The van der Waals surface area contributed by atoms with E-state index in [1.165, 1.54) is 5.70 Å². The fraction of sp³-hybridized carbons (Fsp3) is 0.273. The van der Waals surface area contributed by atoms with Crippen molar-refractivity contribution in [3.8, 4) is 0 Å². The minimum Gasteiger partial charge on any atom is -0.870 e. The van der Waals surface area contributed by atoms with Crippen LogP contribution < -0.4 is 34.9 Å². The molecule has 1 aromatic heterocycles. The molecule has 3 heterocycles. The number of nitrogens with one attached hydrogen (secondary N) is 1. The Morgan fingerprint density at radius 3 is 3.06 bits per heavy atom. The first-order valence-corrected chi connectivity index (χ1v) is 7.15. The van der Waals surface area contributed by atoms with Crippen LogP contribution in [0.5, 0.6) is 0 Å². The van der Waals surface area contributed by atoms with E-state index in [0.717, 1.165) is 22.4 Å². The second-order valence-corrected chi connectivity index (χ2v) is 5.47. The van der Waals surface area contributed by atoms with Crippen molar-refractivity contribution < 1.29 is 35.0 Å². The van der Waals surface area contributed by atoms with E-state index in [1.54, 1.807) is 11.8 Å². The number of thioether (sulfide) groups is 2. The fourth-order valence-electron chi connectivity index (χ4n) is 1.62. The zero-order valence-corrected chi connectivity index (χ0v) is 13.7. The molecule has 0 amide bonds. The molecule has 1 aromatic rings. The van der Waals surface area contributed by atoms with Gasteiger partial charge in [0.1, 0.15) is 0 Å². The van der Waals surface area contributed by atoms with Crippen LogP contribution in [0, 0.1) is 0 Å². The topological polar surface area (TPSA) is 67.3 Å².